The molecule has 1 saturated carbocycles. The molecule has 3 rings (SSSR count). The molecule has 0 aliphatic heterocycles. The average molecular weight is 274 g/mol. The van der Waals surface area contributed by atoms with E-state index in [0.717, 1.165) is 19.3 Å². The summed E-state index contributed by atoms with van der Waals surface area (Å²) in [5.41, 5.74) is -0.242. The topological polar surface area (TPSA) is 92.2 Å². The molecule has 1 heterocycles. The summed E-state index contributed by atoms with van der Waals surface area (Å²) in [5, 5.41) is 8.97. The van der Waals surface area contributed by atoms with Crippen molar-refractivity contribution >= 4 is 17.0 Å². The summed E-state index contributed by atoms with van der Waals surface area (Å²) < 4.78 is 1.46. The third kappa shape index (κ3) is 2.03. The van der Waals surface area contributed by atoms with Gasteiger partial charge in [0, 0.05) is 6.54 Å². The maximum Gasteiger partial charge on any atom is 0.335 e. The van der Waals surface area contributed by atoms with Crippen molar-refractivity contribution < 1.29 is 9.90 Å². The Morgan fingerprint density at radius 1 is 1.35 bits per heavy atom. The molecule has 0 saturated heterocycles. The number of benzene rings is 1. The van der Waals surface area contributed by atoms with Crippen LogP contribution in [-0.2, 0) is 6.54 Å². The molecule has 1 aromatic heterocycles. The van der Waals surface area contributed by atoms with Gasteiger partial charge in [-0.1, -0.05) is 6.42 Å². The van der Waals surface area contributed by atoms with Crippen molar-refractivity contribution in [1.82, 2.24) is 9.55 Å². The molecule has 1 aliphatic carbocycles. The highest BCUT2D eigenvalue weighted by Gasteiger charge is 2.20. The van der Waals surface area contributed by atoms with Crippen LogP contribution in [0.5, 0.6) is 0 Å². The molecule has 2 aromatic rings. The Morgan fingerprint density at radius 2 is 2.10 bits per heavy atom. The minimum atomic E-state index is -1.07. The molecule has 0 radical (unpaired) electrons. The zero-order chi connectivity index (χ0) is 14.3. The van der Waals surface area contributed by atoms with E-state index in [9.17, 15) is 14.4 Å². The van der Waals surface area contributed by atoms with Crippen LogP contribution < -0.4 is 11.1 Å². The lowest BCUT2D eigenvalue weighted by atomic mass is 9.85. The SMILES string of the molecule is O=C(O)c1ccc2c(c1)[nH]c(=O)c(=O)n2CC1CCC1. The van der Waals surface area contributed by atoms with Crippen molar-refractivity contribution in [1.29, 1.82) is 0 Å². The van der Waals surface area contributed by atoms with E-state index in [1.807, 2.05) is 0 Å². The van der Waals surface area contributed by atoms with E-state index in [0.29, 0.717) is 23.5 Å². The zero-order valence-corrected chi connectivity index (χ0v) is 10.8. The monoisotopic (exact) mass is 274 g/mol. The highest BCUT2D eigenvalue weighted by atomic mass is 16.4. The van der Waals surface area contributed by atoms with Gasteiger partial charge in [0.25, 0.3) is 0 Å². The average Bonchev–Trinajstić information content (AvgIpc) is 2.36. The lowest BCUT2D eigenvalue weighted by molar-refractivity contribution is 0.0697. The fourth-order valence-electron chi connectivity index (χ4n) is 2.53. The Kier molecular flexibility index (Phi) is 2.93. The molecule has 6 nitrogen and oxygen atoms in total. The van der Waals surface area contributed by atoms with Gasteiger partial charge in [-0.15, -0.1) is 0 Å². The second-order valence-electron chi connectivity index (χ2n) is 5.20. The molecule has 1 fully saturated rings. The standard InChI is InChI=1S/C14H14N2O4/c17-12-13(18)16(7-8-2-1-3-8)11-5-4-9(14(19)20)6-10(11)15-12/h4-6,8H,1-3,7H2,(H,15,17)(H,19,20). The molecular formula is C14H14N2O4. The highest BCUT2D eigenvalue weighted by molar-refractivity contribution is 5.92. The number of hydrogen-bond donors (Lipinski definition) is 2. The first kappa shape index (κ1) is 12.7. The van der Waals surface area contributed by atoms with Gasteiger partial charge in [-0.25, -0.2) is 4.79 Å². The number of nitrogens with one attached hydrogen (secondary N) is 1. The maximum absolute atomic E-state index is 12.0. The number of nitrogens with zero attached hydrogens (tertiary/aromatic N) is 1. The summed E-state index contributed by atoms with van der Waals surface area (Å²) in [6, 6.07) is 4.41. The number of aromatic carboxylic acids is 1. The van der Waals surface area contributed by atoms with Crippen LogP contribution in [-0.4, -0.2) is 20.6 Å². The highest BCUT2D eigenvalue weighted by Crippen LogP contribution is 2.28. The van der Waals surface area contributed by atoms with Crippen molar-refractivity contribution in [2.24, 2.45) is 5.92 Å². The Balaban J connectivity index is 2.20. The summed E-state index contributed by atoms with van der Waals surface area (Å²) >= 11 is 0. The van der Waals surface area contributed by atoms with E-state index >= 15 is 0 Å². The molecule has 0 atom stereocenters. The van der Waals surface area contributed by atoms with Gasteiger partial charge in [-0.05, 0) is 37.0 Å². The number of aromatic nitrogens is 2. The number of H-pyrrole nitrogens is 1. The van der Waals surface area contributed by atoms with Crippen LogP contribution in [0.3, 0.4) is 0 Å². The lowest BCUT2D eigenvalue weighted by Crippen LogP contribution is -2.38. The number of fused-ring (bicyclic) bond motifs is 1. The van der Waals surface area contributed by atoms with E-state index in [1.54, 1.807) is 6.07 Å². The van der Waals surface area contributed by atoms with Crippen LogP contribution in [0, 0.1) is 5.92 Å². The smallest absolute Gasteiger partial charge is 0.335 e. The van der Waals surface area contributed by atoms with Crippen LogP contribution in [0.25, 0.3) is 11.0 Å². The molecule has 1 aliphatic rings. The van der Waals surface area contributed by atoms with Gasteiger partial charge < -0.3 is 14.7 Å². The Bertz CT molecular complexity index is 799. The van der Waals surface area contributed by atoms with Gasteiger partial charge in [0.15, 0.2) is 0 Å². The van der Waals surface area contributed by atoms with Crippen LogP contribution in [0.1, 0.15) is 29.6 Å². The van der Waals surface area contributed by atoms with Gasteiger partial charge in [0.1, 0.15) is 0 Å². The van der Waals surface area contributed by atoms with Crippen molar-refractivity contribution in [3.63, 3.8) is 0 Å². The lowest BCUT2D eigenvalue weighted by Gasteiger charge is -2.26. The number of carboxylic acids is 1. The Hall–Kier alpha value is -2.37. The third-order valence-corrected chi connectivity index (χ3v) is 3.89. The second-order valence-corrected chi connectivity index (χ2v) is 5.20. The van der Waals surface area contributed by atoms with Crippen molar-refractivity contribution in [2.75, 3.05) is 0 Å². The van der Waals surface area contributed by atoms with Crippen LogP contribution >= 0.6 is 0 Å². The number of aromatic amines is 1. The van der Waals surface area contributed by atoms with E-state index in [-0.39, 0.29) is 5.56 Å². The largest absolute Gasteiger partial charge is 0.478 e. The molecule has 0 amide bonds. The first-order valence-electron chi connectivity index (χ1n) is 6.56. The van der Waals surface area contributed by atoms with Crippen molar-refractivity contribution in [3.8, 4) is 0 Å². The minimum absolute atomic E-state index is 0.0852. The number of carbonyl (C=O) groups is 1. The normalized spacial score (nSPS) is 15.2. The summed E-state index contributed by atoms with van der Waals surface area (Å²) in [6.07, 6.45) is 3.28. The van der Waals surface area contributed by atoms with Gasteiger partial charge in [0.05, 0.1) is 16.6 Å². The molecule has 6 heteroatoms. The molecular weight excluding hydrogens is 260 g/mol. The fourth-order valence-corrected chi connectivity index (χ4v) is 2.53. The van der Waals surface area contributed by atoms with Gasteiger partial charge >= 0.3 is 17.1 Å². The van der Waals surface area contributed by atoms with Crippen molar-refractivity contribution in [2.45, 2.75) is 25.8 Å². The van der Waals surface area contributed by atoms with Crippen LogP contribution in [0.4, 0.5) is 0 Å². The predicted octanol–water partition coefficient (Wildman–Crippen LogP) is 1.19. The quantitative estimate of drug-likeness (QED) is 0.822. The molecule has 1 aromatic carbocycles. The van der Waals surface area contributed by atoms with Crippen LogP contribution in [0.15, 0.2) is 27.8 Å². The molecule has 2 N–H and O–H groups in total. The van der Waals surface area contributed by atoms with Gasteiger partial charge in [-0.2, -0.15) is 0 Å². The molecule has 20 heavy (non-hydrogen) atoms. The van der Waals surface area contributed by atoms with Crippen LogP contribution in [0.2, 0.25) is 0 Å². The summed E-state index contributed by atoms with van der Waals surface area (Å²) in [7, 11) is 0. The zero-order valence-electron chi connectivity index (χ0n) is 10.8. The van der Waals surface area contributed by atoms with Gasteiger partial charge in [-0.3, -0.25) is 9.59 Å². The number of rotatable bonds is 3. The molecule has 0 spiro atoms. The number of carboxylic acid groups (broad SMARTS) is 1. The third-order valence-electron chi connectivity index (χ3n) is 3.89. The molecule has 0 bridgehead atoms. The fraction of sp³-hybridized carbons (Fsp3) is 0.357. The maximum atomic E-state index is 12.0. The Morgan fingerprint density at radius 3 is 2.70 bits per heavy atom. The first-order valence-corrected chi connectivity index (χ1v) is 6.56. The van der Waals surface area contributed by atoms with E-state index in [2.05, 4.69) is 4.98 Å². The van der Waals surface area contributed by atoms with E-state index < -0.39 is 17.1 Å². The molecule has 104 valence electrons. The van der Waals surface area contributed by atoms with E-state index in [1.165, 1.54) is 16.7 Å². The minimum Gasteiger partial charge on any atom is -0.478 e. The molecule has 0 unspecified atom stereocenters. The number of hydrogen-bond acceptors (Lipinski definition) is 3. The second kappa shape index (κ2) is 4.63. The first-order chi connectivity index (χ1) is 9.56. The summed E-state index contributed by atoms with van der Waals surface area (Å²) in [5.74, 6) is -0.638. The van der Waals surface area contributed by atoms with Crippen molar-refractivity contribution in [3.05, 3.63) is 44.5 Å². The predicted molar refractivity (Wildman–Crippen MR) is 73.1 cm³/mol. The van der Waals surface area contributed by atoms with Gasteiger partial charge in [0.2, 0.25) is 0 Å². The van der Waals surface area contributed by atoms with E-state index in [4.69, 9.17) is 5.11 Å². The summed E-state index contributed by atoms with van der Waals surface area (Å²) in [6.45, 7) is 0.520. The Labute approximate surface area is 113 Å². The summed E-state index contributed by atoms with van der Waals surface area (Å²) in [4.78, 5) is 37.1.